The van der Waals surface area contributed by atoms with E-state index in [0.29, 0.717) is 0 Å². The van der Waals surface area contributed by atoms with Crippen LogP contribution in [0.15, 0.2) is 273 Å². The van der Waals surface area contributed by atoms with Crippen LogP contribution in [-0.4, -0.2) is 0 Å². The third-order valence-corrected chi connectivity index (χ3v) is 15.4. The molecule has 0 spiro atoms. The van der Waals surface area contributed by atoms with E-state index in [1.165, 1.54) is 100 Å². The number of rotatable bonds is 9. The minimum Gasteiger partial charge on any atom is -0.310 e. The number of anilines is 3. The van der Waals surface area contributed by atoms with E-state index >= 15 is 0 Å². The molecule has 0 saturated heterocycles. The summed E-state index contributed by atoms with van der Waals surface area (Å²) in [5.74, 6) is 0. The van der Waals surface area contributed by atoms with Crippen molar-refractivity contribution in [3.05, 3.63) is 306 Å². The number of hydrogen-bond acceptors (Lipinski definition) is 1. The summed E-state index contributed by atoms with van der Waals surface area (Å²) in [6.45, 7) is 4.86. The van der Waals surface area contributed by atoms with Gasteiger partial charge in [-0.15, -0.1) is 0 Å². The first-order valence-corrected chi connectivity index (χ1v) is 24.8. The van der Waals surface area contributed by atoms with Crippen LogP contribution in [-0.2, 0) is 10.8 Å². The fourth-order valence-corrected chi connectivity index (χ4v) is 12.0. The van der Waals surface area contributed by atoms with E-state index in [-0.39, 0.29) is 5.41 Å². The summed E-state index contributed by atoms with van der Waals surface area (Å²) in [4.78, 5) is 2.43. The molecule has 0 saturated carbocycles. The predicted octanol–water partition coefficient (Wildman–Crippen LogP) is 18.5. The molecule has 2 aliphatic carbocycles. The van der Waals surface area contributed by atoms with Gasteiger partial charge in [-0.25, -0.2) is 0 Å². The molecule has 0 aromatic heterocycles. The molecule has 0 fully saturated rings. The minimum absolute atomic E-state index is 0.296. The topological polar surface area (TPSA) is 3.24 Å². The molecule has 1 heteroatoms. The average Bonchev–Trinajstić information content (AvgIpc) is 3.87. The normalized spacial score (nSPS) is 13.4. The maximum absolute atomic E-state index is 2.60. The van der Waals surface area contributed by atoms with Gasteiger partial charge < -0.3 is 4.90 Å². The second-order valence-corrected chi connectivity index (χ2v) is 19.6. The second-order valence-electron chi connectivity index (χ2n) is 19.6. The molecule has 0 N–H and O–H groups in total. The van der Waals surface area contributed by atoms with Crippen LogP contribution in [0.3, 0.4) is 0 Å². The van der Waals surface area contributed by atoms with E-state index < -0.39 is 5.41 Å². The highest BCUT2D eigenvalue weighted by atomic mass is 15.1. The monoisotopic (exact) mass is 905 g/mol. The number of hydrogen-bond donors (Lipinski definition) is 0. The Morgan fingerprint density at radius 1 is 0.254 bits per heavy atom. The van der Waals surface area contributed by atoms with Crippen LogP contribution < -0.4 is 4.90 Å². The van der Waals surface area contributed by atoms with E-state index in [4.69, 9.17) is 0 Å². The van der Waals surface area contributed by atoms with Crippen LogP contribution in [0, 0.1) is 0 Å². The highest BCUT2D eigenvalue weighted by Gasteiger charge is 2.50. The lowest BCUT2D eigenvalue weighted by Gasteiger charge is -2.35. The predicted molar refractivity (Wildman–Crippen MR) is 298 cm³/mol. The number of benzene rings is 11. The molecule has 336 valence electrons. The molecule has 0 atom stereocenters. The smallest absolute Gasteiger partial charge is 0.0713 e. The Hall–Kier alpha value is -8.78. The maximum atomic E-state index is 2.60. The Morgan fingerprint density at radius 3 is 1.13 bits per heavy atom. The van der Waals surface area contributed by atoms with Gasteiger partial charge in [-0.3, -0.25) is 0 Å². The van der Waals surface area contributed by atoms with Crippen molar-refractivity contribution in [3.8, 4) is 66.8 Å². The van der Waals surface area contributed by atoms with Gasteiger partial charge in [0.15, 0.2) is 0 Å². The average molecular weight is 906 g/mol. The van der Waals surface area contributed by atoms with Crippen molar-refractivity contribution >= 4 is 17.1 Å². The molecule has 0 amide bonds. The van der Waals surface area contributed by atoms with E-state index in [1.807, 2.05) is 0 Å². The van der Waals surface area contributed by atoms with Crippen molar-refractivity contribution in [2.24, 2.45) is 0 Å². The largest absolute Gasteiger partial charge is 0.310 e. The molecule has 11 aromatic carbocycles. The molecule has 0 heterocycles. The van der Waals surface area contributed by atoms with Gasteiger partial charge in [0.1, 0.15) is 0 Å². The first-order valence-electron chi connectivity index (χ1n) is 24.8. The van der Waals surface area contributed by atoms with Crippen molar-refractivity contribution in [2.45, 2.75) is 24.7 Å². The number of fused-ring (bicyclic) bond motifs is 6. The zero-order chi connectivity index (χ0) is 47.5. The zero-order valence-electron chi connectivity index (χ0n) is 39.9. The van der Waals surface area contributed by atoms with Crippen molar-refractivity contribution in [1.82, 2.24) is 0 Å². The molecule has 0 unspecified atom stereocenters. The third-order valence-electron chi connectivity index (χ3n) is 15.4. The summed E-state index contributed by atoms with van der Waals surface area (Å²) in [5, 5.41) is 0. The Balaban J connectivity index is 1.02. The molecule has 0 bridgehead atoms. The molecule has 2 aliphatic rings. The Bertz CT molecular complexity index is 3670. The van der Waals surface area contributed by atoms with Crippen LogP contribution in [0.2, 0.25) is 0 Å². The summed E-state index contributed by atoms with van der Waals surface area (Å²) in [7, 11) is 0. The molecular formula is C70H51N. The van der Waals surface area contributed by atoms with Crippen molar-refractivity contribution in [2.75, 3.05) is 4.90 Å². The SMILES string of the molecule is CC1(C)c2ccc(N(c3ccc(-c4ccccc4)cc3)c3ccc(-c4ccc(-c5ccccc5)cc4)cc3)cc2-c2c1cc1c(c2-c2ccccc2)-c2ccccc2C1(c1ccccc1)c1ccccc1. The zero-order valence-corrected chi connectivity index (χ0v) is 39.9. The van der Waals surface area contributed by atoms with Crippen LogP contribution in [0.5, 0.6) is 0 Å². The minimum atomic E-state index is -0.526. The van der Waals surface area contributed by atoms with E-state index in [2.05, 4.69) is 292 Å². The maximum Gasteiger partial charge on any atom is 0.0713 e. The van der Waals surface area contributed by atoms with E-state index in [0.717, 1.165) is 17.1 Å². The standard InChI is InChI=1S/C70H51N/c1-69(2)62-45-44-59(71(57-40-36-52(37-41-57)49-22-10-4-11-23-49)58-42-38-53(39-43-58)51-34-32-50(33-35-51)48-20-8-3-9-21-48)46-61(62)68-64(69)47-65-67(66(68)54-24-12-5-13-25-54)60-30-18-19-31-63(60)70(65,55-26-14-6-15-27-55)56-28-16-7-17-29-56/h3-47H,1-2H3. The van der Waals surface area contributed by atoms with Gasteiger partial charge in [-0.05, 0) is 137 Å². The fraction of sp³-hybridized carbons (Fsp3) is 0.0571. The van der Waals surface area contributed by atoms with Gasteiger partial charge in [0.25, 0.3) is 0 Å². The molecule has 71 heavy (non-hydrogen) atoms. The Labute approximate surface area is 417 Å². The van der Waals surface area contributed by atoms with Gasteiger partial charge in [0.2, 0.25) is 0 Å². The molecule has 13 rings (SSSR count). The molecule has 0 radical (unpaired) electrons. The van der Waals surface area contributed by atoms with Crippen LogP contribution in [0.25, 0.3) is 66.8 Å². The lowest BCUT2D eigenvalue weighted by Crippen LogP contribution is -2.29. The summed E-state index contributed by atoms with van der Waals surface area (Å²) in [5.41, 5.74) is 25.3. The first-order chi connectivity index (χ1) is 35.0. The van der Waals surface area contributed by atoms with E-state index in [9.17, 15) is 0 Å². The van der Waals surface area contributed by atoms with Crippen molar-refractivity contribution in [3.63, 3.8) is 0 Å². The summed E-state index contributed by atoms with van der Waals surface area (Å²) >= 11 is 0. The fourth-order valence-electron chi connectivity index (χ4n) is 12.0. The highest BCUT2D eigenvalue weighted by Crippen LogP contribution is 2.64. The molecular weight excluding hydrogens is 855 g/mol. The van der Waals surface area contributed by atoms with Gasteiger partial charge in [0, 0.05) is 22.5 Å². The summed E-state index contributed by atoms with van der Waals surface area (Å²) < 4.78 is 0. The first kappa shape index (κ1) is 42.3. The molecule has 1 nitrogen and oxygen atoms in total. The van der Waals surface area contributed by atoms with Crippen molar-refractivity contribution < 1.29 is 0 Å². The van der Waals surface area contributed by atoms with E-state index in [1.54, 1.807) is 0 Å². The Morgan fingerprint density at radius 2 is 0.634 bits per heavy atom. The summed E-state index contributed by atoms with van der Waals surface area (Å²) in [6.07, 6.45) is 0. The lowest BCUT2D eigenvalue weighted by atomic mass is 9.66. The number of nitrogens with zero attached hydrogens (tertiary/aromatic N) is 1. The third kappa shape index (κ3) is 6.84. The summed E-state index contributed by atoms with van der Waals surface area (Å²) in [6, 6.07) is 101. The molecule has 11 aromatic rings. The van der Waals surface area contributed by atoms with Gasteiger partial charge >= 0.3 is 0 Å². The lowest BCUT2D eigenvalue weighted by molar-refractivity contribution is 0.656. The van der Waals surface area contributed by atoms with Crippen LogP contribution >= 0.6 is 0 Å². The molecule has 0 aliphatic heterocycles. The van der Waals surface area contributed by atoms with Gasteiger partial charge in [0.05, 0.1) is 5.41 Å². The van der Waals surface area contributed by atoms with Crippen LogP contribution in [0.1, 0.15) is 47.2 Å². The second kappa shape index (κ2) is 17.0. The quantitative estimate of drug-likeness (QED) is 0.139. The Kier molecular flexibility index (Phi) is 10.1. The van der Waals surface area contributed by atoms with Crippen LogP contribution in [0.4, 0.5) is 17.1 Å². The van der Waals surface area contributed by atoms with Gasteiger partial charge in [-0.1, -0.05) is 250 Å². The van der Waals surface area contributed by atoms with Gasteiger partial charge in [-0.2, -0.15) is 0 Å². The van der Waals surface area contributed by atoms with Crippen molar-refractivity contribution in [1.29, 1.82) is 0 Å². The highest BCUT2D eigenvalue weighted by molar-refractivity contribution is 6.06.